The molecule has 2 heterocycles. The van der Waals surface area contributed by atoms with E-state index in [-0.39, 0.29) is 5.78 Å². The number of hydrogen-bond donors (Lipinski definition) is 0. The highest BCUT2D eigenvalue weighted by atomic mass is 32.2. The van der Waals surface area contributed by atoms with E-state index in [4.69, 9.17) is 9.47 Å². The van der Waals surface area contributed by atoms with Gasteiger partial charge in [-0.1, -0.05) is 23.9 Å². The van der Waals surface area contributed by atoms with Crippen LogP contribution in [0.1, 0.15) is 16.1 Å². The predicted octanol–water partition coefficient (Wildman–Crippen LogP) is 3.68. The Morgan fingerprint density at radius 3 is 2.56 bits per heavy atom. The molecule has 0 unspecified atom stereocenters. The first-order valence-electron chi connectivity index (χ1n) is 8.00. The summed E-state index contributed by atoms with van der Waals surface area (Å²) in [5.41, 5.74) is 3.15. The van der Waals surface area contributed by atoms with Gasteiger partial charge in [0.15, 0.2) is 17.3 Å². The van der Waals surface area contributed by atoms with E-state index < -0.39 is 0 Å². The third-order valence-corrected chi connectivity index (χ3v) is 4.97. The maximum Gasteiger partial charge on any atom is 0.173 e. The van der Waals surface area contributed by atoms with Crippen molar-refractivity contribution in [2.45, 2.75) is 11.9 Å². The van der Waals surface area contributed by atoms with Gasteiger partial charge in [-0.3, -0.25) is 4.79 Å². The van der Waals surface area contributed by atoms with Crippen molar-refractivity contribution in [2.24, 2.45) is 0 Å². The van der Waals surface area contributed by atoms with Gasteiger partial charge in [0.1, 0.15) is 18.2 Å². The van der Waals surface area contributed by atoms with Crippen molar-refractivity contribution in [1.29, 1.82) is 0 Å². The maximum absolute atomic E-state index is 12.5. The lowest BCUT2D eigenvalue weighted by molar-refractivity contribution is 0.102. The lowest BCUT2D eigenvalue weighted by atomic mass is 10.1. The Balaban J connectivity index is 1.51. The van der Waals surface area contributed by atoms with Crippen LogP contribution in [0.2, 0.25) is 0 Å². The van der Waals surface area contributed by atoms with E-state index in [2.05, 4.69) is 9.97 Å². The highest BCUT2D eigenvalue weighted by Crippen LogP contribution is 2.31. The number of ether oxygens (including phenoxy) is 2. The molecule has 1 aliphatic heterocycles. The third kappa shape index (κ3) is 3.30. The first-order valence-corrected chi connectivity index (χ1v) is 8.98. The van der Waals surface area contributed by atoms with Crippen molar-refractivity contribution >= 4 is 28.6 Å². The molecule has 1 aliphatic rings. The number of hydrogen-bond acceptors (Lipinski definition) is 6. The van der Waals surface area contributed by atoms with Gasteiger partial charge in [0.25, 0.3) is 0 Å². The summed E-state index contributed by atoms with van der Waals surface area (Å²) in [7, 11) is 0. The molecule has 0 saturated carbocycles. The number of carbonyl (C=O) groups is 1. The molecule has 25 heavy (non-hydrogen) atoms. The molecule has 6 heteroatoms. The average Bonchev–Trinajstić information content (AvgIpc) is 2.65. The predicted molar refractivity (Wildman–Crippen MR) is 96.8 cm³/mol. The molecule has 3 aromatic rings. The van der Waals surface area contributed by atoms with Crippen LogP contribution < -0.4 is 9.47 Å². The lowest BCUT2D eigenvalue weighted by Crippen LogP contribution is -2.16. The van der Waals surface area contributed by atoms with Crippen LogP contribution in [-0.4, -0.2) is 34.7 Å². The summed E-state index contributed by atoms with van der Waals surface area (Å²) < 4.78 is 11.0. The highest BCUT2D eigenvalue weighted by Gasteiger charge is 2.16. The molecule has 0 aliphatic carbocycles. The molecular weight excluding hydrogens is 336 g/mol. The summed E-state index contributed by atoms with van der Waals surface area (Å²) in [5.74, 6) is 1.64. The van der Waals surface area contributed by atoms with Crippen LogP contribution in [-0.2, 0) is 0 Å². The van der Waals surface area contributed by atoms with Crippen LogP contribution >= 0.6 is 11.8 Å². The van der Waals surface area contributed by atoms with Crippen LogP contribution in [0.15, 0.2) is 47.5 Å². The number of nitrogens with zero attached hydrogens (tertiary/aromatic N) is 2. The number of para-hydroxylation sites is 2. The van der Waals surface area contributed by atoms with Crippen molar-refractivity contribution in [3.8, 4) is 11.5 Å². The highest BCUT2D eigenvalue weighted by molar-refractivity contribution is 8.00. The van der Waals surface area contributed by atoms with E-state index in [0.717, 1.165) is 21.8 Å². The minimum absolute atomic E-state index is 0.0244. The molecule has 0 bridgehead atoms. The Morgan fingerprint density at radius 1 is 1.04 bits per heavy atom. The fraction of sp³-hybridized carbons (Fsp3) is 0.211. The first-order chi connectivity index (χ1) is 12.2. The van der Waals surface area contributed by atoms with E-state index in [0.29, 0.717) is 36.0 Å². The zero-order valence-electron chi connectivity index (χ0n) is 13.7. The number of benzene rings is 2. The van der Waals surface area contributed by atoms with Gasteiger partial charge in [-0.05, 0) is 37.3 Å². The van der Waals surface area contributed by atoms with Gasteiger partial charge in [-0.25, -0.2) is 9.97 Å². The molecule has 0 atom stereocenters. The second kappa shape index (κ2) is 6.72. The van der Waals surface area contributed by atoms with Crippen molar-refractivity contribution in [3.05, 3.63) is 53.7 Å². The van der Waals surface area contributed by atoms with Gasteiger partial charge < -0.3 is 9.47 Å². The molecule has 0 saturated heterocycles. The molecule has 0 spiro atoms. The lowest BCUT2D eigenvalue weighted by Gasteiger charge is -2.18. The average molecular weight is 352 g/mol. The van der Waals surface area contributed by atoms with Crippen LogP contribution in [0.25, 0.3) is 11.0 Å². The van der Waals surface area contributed by atoms with Crippen LogP contribution in [0, 0.1) is 6.92 Å². The Labute approximate surface area is 149 Å². The molecule has 5 nitrogen and oxygen atoms in total. The molecule has 0 fully saturated rings. The van der Waals surface area contributed by atoms with Crippen molar-refractivity contribution in [3.63, 3.8) is 0 Å². The monoisotopic (exact) mass is 352 g/mol. The Kier molecular flexibility index (Phi) is 4.28. The number of aryl methyl sites for hydroxylation is 1. The van der Waals surface area contributed by atoms with E-state index >= 15 is 0 Å². The van der Waals surface area contributed by atoms with E-state index in [1.807, 2.05) is 31.2 Å². The van der Waals surface area contributed by atoms with Gasteiger partial charge in [0.05, 0.1) is 22.5 Å². The number of carbonyl (C=O) groups excluding carboxylic acids is 1. The quantitative estimate of drug-likeness (QED) is 0.527. The Morgan fingerprint density at radius 2 is 1.76 bits per heavy atom. The number of rotatable bonds is 4. The molecule has 0 radical (unpaired) electrons. The van der Waals surface area contributed by atoms with Gasteiger partial charge >= 0.3 is 0 Å². The second-order valence-corrected chi connectivity index (χ2v) is 6.64. The van der Waals surface area contributed by atoms with Gasteiger partial charge in [0, 0.05) is 5.56 Å². The fourth-order valence-corrected chi connectivity index (χ4v) is 3.49. The minimum atomic E-state index is 0.0244. The fourth-order valence-electron chi connectivity index (χ4n) is 2.64. The topological polar surface area (TPSA) is 61.3 Å². The van der Waals surface area contributed by atoms with E-state index in [9.17, 15) is 4.79 Å². The van der Waals surface area contributed by atoms with Gasteiger partial charge in [-0.2, -0.15) is 0 Å². The number of ketones is 1. The van der Waals surface area contributed by atoms with Crippen molar-refractivity contribution in [2.75, 3.05) is 19.0 Å². The molecule has 1 aromatic heterocycles. The van der Waals surface area contributed by atoms with Crippen LogP contribution in [0.3, 0.4) is 0 Å². The Bertz CT molecular complexity index is 959. The summed E-state index contributed by atoms with van der Waals surface area (Å²) >= 11 is 1.41. The molecular formula is C19H16N2O3S. The molecule has 126 valence electrons. The first kappa shape index (κ1) is 15.9. The number of aromatic nitrogens is 2. The van der Waals surface area contributed by atoms with E-state index in [1.165, 1.54) is 11.8 Å². The molecule has 0 N–H and O–H groups in total. The molecule has 2 aromatic carbocycles. The largest absolute Gasteiger partial charge is 0.486 e. The number of thioether (sulfide) groups is 1. The van der Waals surface area contributed by atoms with Gasteiger partial charge in [0.2, 0.25) is 0 Å². The maximum atomic E-state index is 12.5. The molecule has 4 rings (SSSR count). The minimum Gasteiger partial charge on any atom is -0.486 e. The standard InChI is InChI=1S/C19H16N2O3S/c1-12-19(21-15-5-3-2-4-14(15)20-12)25-11-16(22)13-6-7-17-18(10-13)24-9-8-23-17/h2-7,10H,8-9,11H2,1H3. The normalized spacial score (nSPS) is 13.0. The summed E-state index contributed by atoms with van der Waals surface area (Å²) in [4.78, 5) is 21.7. The summed E-state index contributed by atoms with van der Waals surface area (Å²) in [5, 5.41) is 0.782. The van der Waals surface area contributed by atoms with Crippen LogP contribution in [0.5, 0.6) is 11.5 Å². The zero-order chi connectivity index (χ0) is 17.2. The zero-order valence-corrected chi connectivity index (χ0v) is 14.5. The third-order valence-electron chi connectivity index (χ3n) is 3.91. The second-order valence-electron chi connectivity index (χ2n) is 5.67. The van der Waals surface area contributed by atoms with Crippen molar-refractivity contribution in [1.82, 2.24) is 9.97 Å². The number of fused-ring (bicyclic) bond motifs is 2. The number of Topliss-reactive ketones (excluding diaryl/α,β-unsaturated/α-hetero) is 1. The van der Waals surface area contributed by atoms with E-state index in [1.54, 1.807) is 18.2 Å². The summed E-state index contributed by atoms with van der Waals surface area (Å²) in [6, 6.07) is 13.0. The van der Waals surface area contributed by atoms with Crippen molar-refractivity contribution < 1.29 is 14.3 Å². The van der Waals surface area contributed by atoms with Crippen LogP contribution in [0.4, 0.5) is 0 Å². The summed E-state index contributed by atoms with van der Waals surface area (Å²) in [6.07, 6.45) is 0. The molecule has 0 amide bonds. The SMILES string of the molecule is Cc1nc2ccccc2nc1SCC(=O)c1ccc2c(c1)OCCO2. The van der Waals surface area contributed by atoms with Gasteiger partial charge in [-0.15, -0.1) is 0 Å². The smallest absolute Gasteiger partial charge is 0.173 e. The Hall–Kier alpha value is -2.60. The summed E-state index contributed by atoms with van der Waals surface area (Å²) in [6.45, 7) is 2.96.